The molecule has 1 atom stereocenters. The number of aliphatic carboxylic acids is 1. The van der Waals surface area contributed by atoms with Gasteiger partial charge in [0.15, 0.2) is 0 Å². The van der Waals surface area contributed by atoms with Gasteiger partial charge in [-0.05, 0) is 35.2 Å². The maximum Gasteiger partial charge on any atom is 0.320 e. The molecular formula is C15H14ClNO2. The molecule has 2 aromatic rings. The highest BCUT2D eigenvalue weighted by Gasteiger charge is 2.12. The van der Waals surface area contributed by atoms with Crippen LogP contribution in [0.2, 0.25) is 5.02 Å². The number of benzene rings is 2. The molecule has 0 aliphatic heterocycles. The van der Waals surface area contributed by atoms with Crippen molar-refractivity contribution in [3.05, 3.63) is 59.1 Å². The van der Waals surface area contributed by atoms with E-state index in [1.54, 1.807) is 0 Å². The van der Waals surface area contributed by atoms with E-state index < -0.39 is 12.0 Å². The molecule has 0 aliphatic rings. The molecule has 3 nitrogen and oxygen atoms in total. The van der Waals surface area contributed by atoms with Crippen LogP contribution >= 0.6 is 11.6 Å². The van der Waals surface area contributed by atoms with Gasteiger partial charge in [0.05, 0.1) is 0 Å². The first-order chi connectivity index (χ1) is 9.06. The molecular weight excluding hydrogens is 262 g/mol. The van der Waals surface area contributed by atoms with Crippen LogP contribution in [-0.2, 0) is 11.2 Å². The number of carboxylic acid groups (broad SMARTS) is 1. The molecule has 0 aromatic heterocycles. The van der Waals surface area contributed by atoms with Gasteiger partial charge in [0.25, 0.3) is 0 Å². The fraction of sp³-hybridized carbons (Fsp3) is 0.133. The van der Waals surface area contributed by atoms with Crippen LogP contribution in [0.15, 0.2) is 48.5 Å². The van der Waals surface area contributed by atoms with E-state index >= 15 is 0 Å². The Morgan fingerprint density at radius 1 is 1.16 bits per heavy atom. The maximum absolute atomic E-state index is 10.8. The first-order valence-corrected chi connectivity index (χ1v) is 6.27. The van der Waals surface area contributed by atoms with Gasteiger partial charge in [-0.15, -0.1) is 0 Å². The summed E-state index contributed by atoms with van der Waals surface area (Å²) in [6.07, 6.45) is 0.316. The molecule has 2 aromatic carbocycles. The largest absolute Gasteiger partial charge is 0.480 e. The maximum atomic E-state index is 10.8. The average molecular weight is 276 g/mol. The molecule has 2 rings (SSSR count). The predicted molar refractivity (Wildman–Crippen MR) is 76.2 cm³/mol. The van der Waals surface area contributed by atoms with Crippen molar-refractivity contribution in [3.8, 4) is 11.1 Å². The molecule has 0 aliphatic carbocycles. The van der Waals surface area contributed by atoms with E-state index in [1.165, 1.54) is 0 Å². The zero-order chi connectivity index (χ0) is 13.8. The van der Waals surface area contributed by atoms with Gasteiger partial charge in [0.2, 0.25) is 0 Å². The number of rotatable bonds is 4. The van der Waals surface area contributed by atoms with Crippen LogP contribution in [0.25, 0.3) is 11.1 Å². The SMILES string of the molecule is NC(Cc1cccc(-c2ccc(Cl)cc2)c1)C(=O)O. The summed E-state index contributed by atoms with van der Waals surface area (Å²) in [4.78, 5) is 10.8. The van der Waals surface area contributed by atoms with E-state index in [0.29, 0.717) is 11.4 Å². The normalized spacial score (nSPS) is 12.1. The summed E-state index contributed by atoms with van der Waals surface area (Å²) in [5, 5.41) is 9.51. The van der Waals surface area contributed by atoms with Crippen molar-refractivity contribution >= 4 is 17.6 Å². The lowest BCUT2D eigenvalue weighted by Crippen LogP contribution is -2.32. The molecule has 0 spiro atoms. The predicted octanol–water partition coefficient (Wildman–Crippen LogP) is 2.96. The molecule has 0 bridgehead atoms. The Morgan fingerprint density at radius 2 is 1.84 bits per heavy atom. The average Bonchev–Trinajstić information content (AvgIpc) is 2.39. The first-order valence-electron chi connectivity index (χ1n) is 5.89. The Balaban J connectivity index is 2.24. The minimum atomic E-state index is -0.989. The van der Waals surface area contributed by atoms with Crippen LogP contribution < -0.4 is 5.73 Å². The zero-order valence-corrected chi connectivity index (χ0v) is 11.0. The summed E-state index contributed by atoms with van der Waals surface area (Å²) >= 11 is 5.85. The Labute approximate surface area is 116 Å². The van der Waals surface area contributed by atoms with Gasteiger partial charge >= 0.3 is 5.97 Å². The summed E-state index contributed by atoms with van der Waals surface area (Å²) in [6, 6.07) is 14.3. The number of hydrogen-bond donors (Lipinski definition) is 2. The van der Waals surface area contributed by atoms with Crippen LogP contribution in [0.5, 0.6) is 0 Å². The smallest absolute Gasteiger partial charge is 0.320 e. The molecule has 1 unspecified atom stereocenters. The van der Waals surface area contributed by atoms with Gasteiger partial charge < -0.3 is 10.8 Å². The molecule has 0 saturated heterocycles. The summed E-state index contributed by atoms with van der Waals surface area (Å²) in [7, 11) is 0. The fourth-order valence-electron chi connectivity index (χ4n) is 1.86. The molecule has 3 N–H and O–H groups in total. The number of hydrogen-bond acceptors (Lipinski definition) is 2. The zero-order valence-electron chi connectivity index (χ0n) is 10.2. The summed E-state index contributed by atoms with van der Waals surface area (Å²) in [5.41, 5.74) is 8.50. The lowest BCUT2D eigenvalue weighted by molar-refractivity contribution is -0.138. The molecule has 19 heavy (non-hydrogen) atoms. The molecule has 98 valence electrons. The quantitative estimate of drug-likeness (QED) is 0.902. The van der Waals surface area contributed by atoms with E-state index in [9.17, 15) is 4.79 Å². The van der Waals surface area contributed by atoms with Crippen molar-refractivity contribution in [2.45, 2.75) is 12.5 Å². The lowest BCUT2D eigenvalue weighted by atomic mass is 10.00. The molecule has 0 amide bonds. The van der Waals surface area contributed by atoms with E-state index in [1.807, 2.05) is 48.5 Å². The Kier molecular flexibility index (Phi) is 4.20. The second kappa shape index (κ2) is 5.87. The number of carboxylic acids is 1. The van der Waals surface area contributed by atoms with Crippen molar-refractivity contribution in [1.82, 2.24) is 0 Å². The van der Waals surface area contributed by atoms with Crippen molar-refractivity contribution in [1.29, 1.82) is 0 Å². The van der Waals surface area contributed by atoms with E-state index in [4.69, 9.17) is 22.4 Å². The van der Waals surface area contributed by atoms with Gasteiger partial charge in [0, 0.05) is 5.02 Å². The number of carbonyl (C=O) groups is 1. The molecule has 4 heteroatoms. The Morgan fingerprint density at radius 3 is 2.47 bits per heavy atom. The third-order valence-electron chi connectivity index (χ3n) is 2.88. The second-order valence-electron chi connectivity index (χ2n) is 4.36. The Hall–Kier alpha value is -1.84. The van der Waals surface area contributed by atoms with Gasteiger partial charge in [-0.3, -0.25) is 4.79 Å². The van der Waals surface area contributed by atoms with Gasteiger partial charge in [-0.25, -0.2) is 0 Å². The fourth-order valence-corrected chi connectivity index (χ4v) is 1.99. The Bertz CT molecular complexity index is 581. The summed E-state index contributed by atoms with van der Waals surface area (Å²) in [6.45, 7) is 0. The van der Waals surface area contributed by atoms with Crippen molar-refractivity contribution in [2.75, 3.05) is 0 Å². The summed E-state index contributed by atoms with van der Waals surface area (Å²) < 4.78 is 0. The van der Waals surface area contributed by atoms with Crippen LogP contribution in [0.1, 0.15) is 5.56 Å². The minimum Gasteiger partial charge on any atom is -0.480 e. The summed E-state index contributed by atoms with van der Waals surface area (Å²) in [5.74, 6) is -0.989. The van der Waals surface area contributed by atoms with Gasteiger partial charge in [-0.2, -0.15) is 0 Å². The number of nitrogens with two attached hydrogens (primary N) is 1. The highest BCUT2D eigenvalue weighted by Crippen LogP contribution is 2.22. The third kappa shape index (κ3) is 3.56. The van der Waals surface area contributed by atoms with Crippen LogP contribution in [0.4, 0.5) is 0 Å². The first kappa shape index (κ1) is 13.6. The van der Waals surface area contributed by atoms with Crippen molar-refractivity contribution in [2.24, 2.45) is 5.73 Å². The van der Waals surface area contributed by atoms with Crippen molar-refractivity contribution < 1.29 is 9.90 Å². The van der Waals surface area contributed by atoms with E-state index in [2.05, 4.69) is 0 Å². The topological polar surface area (TPSA) is 63.3 Å². The van der Waals surface area contributed by atoms with Gasteiger partial charge in [-0.1, -0.05) is 48.0 Å². The monoisotopic (exact) mass is 275 g/mol. The molecule has 0 heterocycles. The van der Waals surface area contributed by atoms with Gasteiger partial charge in [0.1, 0.15) is 6.04 Å². The molecule has 0 fully saturated rings. The lowest BCUT2D eigenvalue weighted by Gasteiger charge is -2.08. The third-order valence-corrected chi connectivity index (χ3v) is 3.13. The van der Waals surface area contributed by atoms with Crippen LogP contribution in [0, 0.1) is 0 Å². The molecule has 0 radical (unpaired) electrons. The second-order valence-corrected chi connectivity index (χ2v) is 4.79. The highest BCUT2D eigenvalue weighted by atomic mass is 35.5. The standard InChI is InChI=1S/C15H14ClNO2/c16-13-6-4-11(5-7-13)12-3-1-2-10(8-12)9-14(17)15(18)19/h1-8,14H,9,17H2,(H,18,19). The van der Waals surface area contributed by atoms with Crippen LogP contribution in [-0.4, -0.2) is 17.1 Å². The van der Waals surface area contributed by atoms with E-state index in [0.717, 1.165) is 16.7 Å². The van der Waals surface area contributed by atoms with E-state index in [-0.39, 0.29) is 0 Å². The minimum absolute atomic E-state index is 0.316. The number of halogens is 1. The molecule has 0 saturated carbocycles. The highest BCUT2D eigenvalue weighted by molar-refractivity contribution is 6.30. The van der Waals surface area contributed by atoms with Crippen LogP contribution in [0.3, 0.4) is 0 Å². The van der Waals surface area contributed by atoms with Crippen molar-refractivity contribution in [3.63, 3.8) is 0 Å².